The van der Waals surface area contributed by atoms with E-state index < -0.39 is 8.25 Å². The maximum absolute atomic E-state index is 9.44. The van der Waals surface area contributed by atoms with Crippen molar-refractivity contribution in [3.8, 4) is 0 Å². The van der Waals surface area contributed by atoms with Gasteiger partial charge >= 0.3 is 0 Å². The molecule has 0 amide bonds. The van der Waals surface area contributed by atoms with Crippen LogP contribution < -0.4 is 0 Å². The van der Waals surface area contributed by atoms with Gasteiger partial charge in [-0.15, -0.1) is 6.58 Å². The first-order chi connectivity index (χ1) is 4.39. The summed E-state index contributed by atoms with van der Waals surface area (Å²) in [6.45, 7) is 5.46. The van der Waals surface area contributed by atoms with E-state index in [0.717, 1.165) is 0 Å². The fourth-order valence-electron chi connectivity index (χ4n) is 0.427. The summed E-state index contributed by atoms with van der Waals surface area (Å²) in [4.78, 5) is 0. The van der Waals surface area contributed by atoms with Gasteiger partial charge in [0.05, 0.1) is 6.10 Å². The largest absolute Gasteiger partial charge is 0.389 e. The smallest absolute Gasteiger partial charge is 0.161 e. The standard InChI is InChI=1S/C6H9Br3O/c1-3-4(2)5(10)6(7,8)9/h3-5,10H,1H2,2H3. The number of rotatable bonds is 2. The Labute approximate surface area is 86.3 Å². The summed E-state index contributed by atoms with van der Waals surface area (Å²) in [5, 5.41) is 9.44. The molecule has 0 aromatic rings. The normalized spacial score (nSPS) is 18.1. The van der Waals surface area contributed by atoms with Gasteiger partial charge in [0.2, 0.25) is 0 Å². The van der Waals surface area contributed by atoms with Crippen molar-refractivity contribution < 1.29 is 5.11 Å². The highest BCUT2D eigenvalue weighted by Crippen LogP contribution is 2.39. The van der Waals surface area contributed by atoms with Crippen LogP contribution in [0.1, 0.15) is 6.92 Å². The van der Waals surface area contributed by atoms with Gasteiger partial charge in [0, 0.05) is 5.92 Å². The third kappa shape index (κ3) is 3.51. The second-order valence-corrected chi connectivity index (χ2v) is 9.03. The van der Waals surface area contributed by atoms with E-state index in [2.05, 4.69) is 54.4 Å². The van der Waals surface area contributed by atoms with Crippen LogP contribution in [0.2, 0.25) is 0 Å². The van der Waals surface area contributed by atoms with E-state index in [1.807, 2.05) is 6.92 Å². The highest BCUT2D eigenvalue weighted by Gasteiger charge is 2.31. The van der Waals surface area contributed by atoms with Crippen LogP contribution in [0.15, 0.2) is 12.7 Å². The minimum Gasteiger partial charge on any atom is -0.389 e. The Morgan fingerprint density at radius 3 is 2.00 bits per heavy atom. The zero-order valence-electron chi connectivity index (χ0n) is 5.52. The molecule has 2 unspecified atom stereocenters. The molecule has 4 heteroatoms. The molecule has 0 heterocycles. The highest BCUT2D eigenvalue weighted by molar-refractivity contribution is 9.39. The minimum atomic E-state index is -0.597. The molecule has 0 fully saturated rings. The van der Waals surface area contributed by atoms with Gasteiger partial charge in [-0.25, -0.2) is 0 Å². The van der Waals surface area contributed by atoms with Crippen molar-refractivity contribution in [2.75, 3.05) is 0 Å². The number of hydrogen-bond acceptors (Lipinski definition) is 1. The Kier molecular flexibility index (Phi) is 4.72. The molecule has 0 spiro atoms. The molecule has 10 heavy (non-hydrogen) atoms. The first-order valence-corrected chi connectivity index (χ1v) is 5.15. The fourth-order valence-corrected chi connectivity index (χ4v) is 1.68. The van der Waals surface area contributed by atoms with Crippen molar-refractivity contribution in [3.05, 3.63) is 12.7 Å². The lowest BCUT2D eigenvalue weighted by atomic mass is 10.1. The van der Waals surface area contributed by atoms with Crippen LogP contribution in [0.5, 0.6) is 0 Å². The van der Waals surface area contributed by atoms with Crippen LogP contribution >= 0.6 is 47.8 Å². The molecule has 0 radical (unpaired) electrons. The fraction of sp³-hybridized carbons (Fsp3) is 0.667. The summed E-state index contributed by atoms with van der Waals surface area (Å²) >= 11 is 9.66. The van der Waals surface area contributed by atoms with E-state index in [9.17, 15) is 5.11 Å². The SMILES string of the molecule is C=CC(C)C(O)C(Br)(Br)Br. The topological polar surface area (TPSA) is 20.2 Å². The number of aliphatic hydroxyl groups is 1. The molecule has 0 rings (SSSR count). The molecular weight excluding hydrogens is 328 g/mol. The van der Waals surface area contributed by atoms with Crippen LogP contribution in [0, 0.1) is 5.92 Å². The molecule has 0 aliphatic heterocycles. The summed E-state index contributed by atoms with van der Waals surface area (Å²) in [5.74, 6) is 0.0399. The third-order valence-corrected chi connectivity index (χ3v) is 2.61. The Balaban J connectivity index is 4.07. The molecule has 0 bridgehead atoms. The van der Waals surface area contributed by atoms with E-state index in [-0.39, 0.29) is 5.92 Å². The average Bonchev–Trinajstić information content (AvgIpc) is 1.83. The zero-order chi connectivity index (χ0) is 8.36. The molecule has 0 saturated heterocycles. The van der Waals surface area contributed by atoms with Crippen LogP contribution in [0.4, 0.5) is 0 Å². The summed E-state index contributed by atoms with van der Waals surface area (Å²) in [6.07, 6.45) is 1.16. The molecule has 1 N–H and O–H groups in total. The predicted molar refractivity (Wildman–Crippen MR) is 54.9 cm³/mol. The van der Waals surface area contributed by atoms with Gasteiger partial charge in [0.15, 0.2) is 2.14 Å². The van der Waals surface area contributed by atoms with Crippen LogP contribution in [0.3, 0.4) is 0 Å². The number of hydrogen-bond donors (Lipinski definition) is 1. The Bertz CT molecular complexity index is 119. The predicted octanol–water partition coefficient (Wildman–Crippen LogP) is 3.01. The first-order valence-electron chi connectivity index (χ1n) is 2.77. The third-order valence-electron chi connectivity index (χ3n) is 1.21. The van der Waals surface area contributed by atoms with E-state index >= 15 is 0 Å². The maximum Gasteiger partial charge on any atom is 0.161 e. The van der Waals surface area contributed by atoms with Gasteiger partial charge in [-0.1, -0.05) is 60.8 Å². The van der Waals surface area contributed by atoms with Gasteiger partial charge in [-0.2, -0.15) is 0 Å². The monoisotopic (exact) mass is 334 g/mol. The molecule has 0 aliphatic rings. The molecular formula is C6H9Br3O. The van der Waals surface area contributed by atoms with Crippen molar-refractivity contribution >= 4 is 47.8 Å². The second-order valence-electron chi connectivity index (χ2n) is 2.08. The average molecular weight is 337 g/mol. The quantitative estimate of drug-likeness (QED) is 0.607. The van der Waals surface area contributed by atoms with E-state index in [0.29, 0.717) is 0 Å². The summed E-state index contributed by atoms with van der Waals surface area (Å²) in [7, 11) is 0. The summed E-state index contributed by atoms with van der Waals surface area (Å²) < 4.78 is -0.597. The maximum atomic E-state index is 9.44. The summed E-state index contributed by atoms with van der Waals surface area (Å²) in [6, 6.07) is 0. The molecule has 0 aromatic heterocycles. The molecule has 0 saturated carbocycles. The van der Waals surface area contributed by atoms with Crippen LogP contribution in [-0.4, -0.2) is 13.4 Å². The lowest BCUT2D eigenvalue weighted by Crippen LogP contribution is -2.29. The van der Waals surface area contributed by atoms with Gasteiger partial charge in [-0.3, -0.25) is 0 Å². The van der Waals surface area contributed by atoms with Crippen LogP contribution in [-0.2, 0) is 0 Å². The molecule has 0 aliphatic carbocycles. The van der Waals surface area contributed by atoms with Crippen molar-refractivity contribution in [1.29, 1.82) is 0 Å². The van der Waals surface area contributed by atoms with Crippen molar-refractivity contribution in [2.45, 2.75) is 15.2 Å². The second kappa shape index (κ2) is 4.24. The molecule has 60 valence electrons. The molecule has 0 aromatic carbocycles. The highest BCUT2D eigenvalue weighted by atomic mass is 80.0. The van der Waals surface area contributed by atoms with Gasteiger partial charge in [0.25, 0.3) is 0 Å². The van der Waals surface area contributed by atoms with Gasteiger partial charge in [0.1, 0.15) is 0 Å². The molecule has 2 atom stereocenters. The summed E-state index contributed by atoms with van der Waals surface area (Å²) in [5.41, 5.74) is 0. The lowest BCUT2D eigenvalue weighted by molar-refractivity contribution is 0.152. The Hall–Kier alpha value is 1.14. The number of aliphatic hydroxyl groups excluding tert-OH is 1. The zero-order valence-corrected chi connectivity index (χ0v) is 10.3. The lowest BCUT2D eigenvalue weighted by Gasteiger charge is -2.23. The van der Waals surface area contributed by atoms with Crippen molar-refractivity contribution in [2.24, 2.45) is 5.92 Å². The number of halogens is 3. The van der Waals surface area contributed by atoms with Gasteiger partial charge < -0.3 is 5.11 Å². The van der Waals surface area contributed by atoms with E-state index in [4.69, 9.17) is 0 Å². The molecule has 1 nitrogen and oxygen atoms in total. The van der Waals surface area contributed by atoms with E-state index in [1.54, 1.807) is 6.08 Å². The van der Waals surface area contributed by atoms with Crippen molar-refractivity contribution in [1.82, 2.24) is 0 Å². The van der Waals surface area contributed by atoms with Crippen LogP contribution in [0.25, 0.3) is 0 Å². The van der Waals surface area contributed by atoms with E-state index in [1.165, 1.54) is 0 Å². The van der Waals surface area contributed by atoms with Gasteiger partial charge in [-0.05, 0) is 0 Å². The first kappa shape index (κ1) is 11.1. The number of alkyl halides is 3. The Morgan fingerprint density at radius 1 is 1.50 bits per heavy atom. The minimum absolute atomic E-state index is 0.0399. The Morgan fingerprint density at radius 2 is 1.90 bits per heavy atom. The van der Waals surface area contributed by atoms with Crippen molar-refractivity contribution in [3.63, 3.8) is 0 Å².